The largest absolute Gasteiger partial charge is 0.350 e. The van der Waals surface area contributed by atoms with Crippen molar-refractivity contribution in [3.05, 3.63) is 99.8 Å². The van der Waals surface area contributed by atoms with Crippen LogP contribution in [0.2, 0.25) is 0 Å². The average Bonchev–Trinajstić information content (AvgIpc) is 2.89. The van der Waals surface area contributed by atoms with E-state index in [2.05, 4.69) is 15.6 Å². The van der Waals surface area contributed by atoms with Crippen LogP contribution < -0.4 is 16.2 Å². The van der Waals surface area contributed by atoms with Crippen molar-refractivity contribution in [3.8, 4) is 0 Å². The number of nitrogens with zero attached hydrogens (tertiary/aromatic N) is 2. The highest BCUT2D eigenvalue weighted by atomic mass is 32.2. The third-order valence-corrected chi connectivity index (χ3v) is 6.66. The molecule has 1 aromatic heterocycles. The fraction of sp³-hybridized carbons (Fsp3) is 0.207. The van der Waals surface area contributed by atoms with Crippen LogP contribution in [0.25, 0.3) is 10.9 Å². The third kappa shape index (κ3) is 6.54. The summed E-state index contributed by atoms with van der Waals surface area (Å²) < 4.78 is 1.54. The Bertz CT molecular complexity index is 1560. The molecule has 0 bridgehead atoms. The molecule has 0 radical (unpaired) electrons. The predicted octanol–water partition coefficient (Wildman–Crippen LogP) is 4.52. The number of carbonyl (C=O) groups excluding carboxylic acids is 3. The van der Waals surface area contributed by atoms with Crippen molar-refractivity contribution in [2.45, 2.75) is 38.5 Å². The van der Waals surface area contributed by atoms with Crippen LogP contribution in [0.4, 0.5) is 5.69 Å². The molecule has 0 saturated heterocycles. The average molecular weight is 529 g/mol. The number of para-hydroxylation sites is 1. The number of aromatic nitrogens is 2. The molecule has 0 fully saturated rings. The number of amides is 2. The number of carbonyl (C=O) groups is 3. The zero-order chi connectivity index (χ0) is 27.2. The molecule has 0 unspecified atom stereocenters. The van der Waals surface area contributed by atoms with Gasteiger partial charge in [0.25, 0.3) is 11.5 Å². The Labute approximate surface area is 224 Å². The molecule has 3 aromatic carbocycles. The number of thioether (sulfide) groups is 1. The molecule has 9 heteroatoms. The summed E-state index contributed by atoms with van der Waals surface area (Å²) in [6, 6.07) is 20.9. The Kier molecular flexibility index (Phi) is 8.38. The van der Waals surface area contributed by atoms with Gasteiger partial charge in [-0.1, -0.05) is 48.2 Å². The number of hydrogen-bond acceptors (Lipinski definition) is 6. The molecular weight excluding hydrogens is 500 g/mol. The highest BCUT2D eigenvalue weighted by Crippen LogP contribution is 2.20. The van der Waals surface area contributed by atoms with Gasteiger partial charge in [0, 0.05) is 22.9 Å². The Morgan fingerprint density at radius 3 is 2.39 bits per heavy atom. The van der Waals surface area contributed by atoms with E-state index in [1.807, 2.05) is 19.9 Å². The van der Waals surface area contributed by atoms with Gasteiger partial charge < -0.3 is 10.6 Å². The summed E-state index contributed by atoms with van der Waals surface area (Å²) in [6.45, 7) is 5.49. The van der Waals surface area contributed by atoms with Gasteiger partial charge in [-0.25, -0.2) is 4.98 Å². The second kappa shape index (κ2) is 11.9. The number of fused-ring (bicyclic) bond motifs is 1. The Morgan fingerprint density at radius 1 is 0.947 bits per heavy atom. The SMILES string of the molecule is CC(=O)c1cccc(NC(=O)CSc2nc3ccccc3c(=O)n2Cc2ccc(C(=O)NC(C)C)cc2)c1. The molecule has 2 N–H and O–H groups in total. The van der Waals surface area contributed by atoms with E-state index in [1.54, 1.807) is 71.3 Å². The molecule has 4 rings (SSSR count). The number of benzene rings is 3. The summed E-state index contributed by atoms with van der Waals surface area (Å²) >= 11 is 1.16. The van der Waals surface area contributed by atoms with Crippen molar-refractivity contribution in [3.63, 3.8) is 0 Å². The van der Waals surface area contributed by atoms with Crippen LogP contribution in [-0.4, -0.2) is 38.9 Å². The van der Waals surface area contributed by atoms with Gasteiger partial charge in [-0.2, -0.15) is 0 Å². The molecule has 38 heavy (non-hydrogen) atoms. The van der Waals surface area contributed by atoms with E-state index in [4.69, 9.17) is 0 Å². The molecule has 1 heterocycles. The summed E-state index contributed by atoms with van der Waals surface area (Å²) in [5.74, 6) is -0.519. The normalized spacial score (nSPS) is 10.9. The second-order valence-corrected chi connectivity index (χ2v) is 10.0. The maximum atomic E-state index is 13.4. The van der Waals surface area contributed by atoms with Crippen molar-refractivity contribution in [2.24, 2.45) is 0 Å². The number of hydrogen-bond donors (Lipinski definition) is 2. The van der Waals surface area contributed by atoms with Crippen LogP contribution in [0.1, 0.15) is 47.1 Å². The maximum absolute atomic E-state index is 13.4. The zero-order valence-electron chi connectivity index (χ0n) is 21.4. The first-order valence-corrected chi connectivity index (χ1v) is 13.1. The van der Waals surface area contributed by atoms with Crippen molar-refractivity contribution in [1.29, 1.82) is 0 Å². The first-order valence-electron chi connectivity index (χ1n) is 12.1. The van der Waals surface area contributed by atoms with Crippen LogP contribution in [0.15, 0.2) is 82.7 Å². The van der Waals surface area contributed by atoms with Gasteiger partial charge in [0.2, 0.25) is 5.91 Å². The first kappa shape index (κ1) is 26.8. The van der Waals surface area contributed by atoms with Crippen LogP contribution in [0, 0.1) is 0 Å². The van der Waals surface area contributed by atoms with Crippen molar-refractivity contribution >= 4 is 45.9 Å². The molecule has 194 valence electrons. The summed E-state index contributed by atoms with van der Waals surface area (Å²) in [5.41, 5.74) is 2.71. The molecule has 4 aromatic rings. The van der Waals surface area contributed by atoms with E-state index in [0.717, 1.165) is 17.3 Å². The molecule has 0 spiro atoms. The Hall–Kier alpha value is -4.24. The number of rotatable bonds is 9. The first-order chi connectivity index (χ1) is 18.2. The summed E-state index contributed by atoms with van der Waals surface area (Å²) in [7, 11) is 0. The smallest absolute Gasteiger partial charge is 0.262 e. The highest BCUT2D eigenvalue weighted by Gasteiger charge is 2.15. The maximum Gasteiger partial charge on any atom is 0.262 e. The summed E-state index contributed by atoms with van der Waals surface area (Å²) in [5, 5.41) is 6.54. The lowest BCUT2D eigenvalue weighted by atomic mass is 10.1. The molecule has 0 aliphatic rings. The topological polar surface area (TPSA) is 110 Å². The summed E-state index contributed by atoms with van der Waals surface area (Å²) in [6.07, 6.45) is 0. The van der Waals surface area contributed by atoms with Crippen LogP contribution in [-0.2, 0) is 11.3 Å². The lowest BCUT2D eigenvalue weighted by Gasteiger charge is -2.14. The van der Waals surface area contributed by atoms with Gasteiger partial charge in [-0.05, 0) is 62.7 Å². The lowest BCUT2D eigenvalue weighted by molar-refractivity contribution is -0.113. The molecule has 0 aliphatic carbocycles. The Morgan fingerprint density at radius 2 is 1.68 bits per heavy atom. The van der Waals surface area contributed by atoms with Crippen molar-refractivity contribution in [1.82, 2.24) is 14.9 Å². The predicted molar refractivity (Wildman–Crippen MR) is 150 cm³/mol. The minimum atomic E-state index is -0.287. The van der Waals surface area contributed by atoms with Gasteiger partial charge in [-0.3, -0.25) is 23.7 Å². The summed E-state index contributed by atoms with van der Waals surface area (Å²) in [4.78, 5) is 54.7. The van der Waals surface area contributed by atoms with Crippen molar-refractivity contribution in [2.75, 3.05) is 11.1 Å². The second-order valence-electron chi connectivity index (χ2n) is 9.10. The third-order valence-electron chi connectivity index (χ3n) is 5.69. The highest BCUT2D eigenvalue weighted by molar-refractivity contribution is 7.99. The molecule has 8 nitrogen and oxygen atoms in total. The molecule has 0 aliphatic heterocycles. The molecule has 0 saturated carbocycles. The fourth-order valence-electron chi connectivity index (χ4n) is 3.83. The lowest BCUT2D eigenvalue weighted by Crippen LogP contribution is -2.30. The quantitative estimate of drug-likeness (QED) is 0.188. The van der Waals surface area contributed by atoms with E-state index in [1.165, 1.54) is 6.92 Å². The molecule has 2 amide bonds. The fourth-order valence-corrected chi connectivity index (χ4v) is 4.63. The van der Waals surface area contributed by atoms with E-state index in [0.29, 0.717) is 32.9 Å². The van der Waals surface area contributed by atoms with Gasteiger partial charge in [0.05, 0.1) is 23.2 Å². The Balaban J connectivity index is 1.56. The van der Waals surface area contributed by atoms with E-state index < -0.39 is 0 Å². The van der Waals surface area contributed by atoms with E-state index in [9.17, 15) is 19.2 Å². The van der Waals surface area contributed by atoms with Crippen molar-refractivity contribution < 1.29 is 14.4 Å². The van der Waals surface area contributed by atoms with E-state index >= 15 is 0 Å². The van der Waals surface area contributed by atoms with Crippen LogP contribution in [0.3, 0.4) is 0 Å². The van der Waals surface area contributed by atoms with Gasteiger partial charge in [0.15, 0.2) is 10.9 Å². The van der Waals surface area contributed by atoms with Gasteiger partial charge >= 0.3 is 0 Å². The minimum Gasteiger partial charge on any atom is -0.350 e. The van der Waals surface area contributed by atoms with Crippen LogP contribution in [0.5, 0.6) is 0 Å². The number of anilines is 1. The van der Waals surface area contributed by atoms with Gasteiger partial charge in [-0.15, -0.1) is 0 Å². The number of nitrogens with one attached hydrogen (secondary N) is 2. The van der Waals surface area contributed by atoms with Gasteiger partial charge in [0.1, 0.15) is 0 Å². The zero-order valence-corrected chi connectivity index (χ0v) is 22.2. The number of ketones is 1. The molecular formula is C29H28N4O4S. The minimum absolute atomic E-state index is 0.0173. The van der Waals surface area contributed by atoms with E-state index in [-0.39, 0.29) is 41.5 Å². The molecule has 0 atom stereocenters. The standard InChI is InChI=1S/C29H28N4O4S/c1-18(2)30-27(36)21-13-11-20(12-14-21)16-33-28(37)24-9-4-5-10-25(24)32-29(33)38-17-26(35)31-23-8-6-7-22(15-23)19(3)34/h4-15,18H,16-17H2,1-3H3,(H,30,36)(H,31,35). The van der Waals surface area contributed by atoms with Crippen LogP contribution >= 0.6 is 11.8 Å². The monoisotopic (exact) mass is 528 g/mol. The number of Topliss-reactive ketones (excluding diaryl/α,β-unsaturated/α-hetero) is 1.